The van der Waals surface area contributed by atoms with E-state index in [1.54, 1.807) is 6.92 Å². The minimum Gasteiger partial charge on any atom is -0.374 e. The van der Waals surface area contributed by atoms with Gasteiger partial charge in [0.05, 0.1) is 6.42 Å². The van der Waals surface area contributed by atoms with Crippen LogP contribution in [0.3, 0.4) is 0 Å². The first-order chi connectivity index (χ1) is 10.5. The molecule has 1 heterocycles. The third-order valence-corrected chi connectivity index (χ3v) is 3.94. The summed E-state index contributed by atoms with van der Waals surface area (Å²) in [6.07, 6.45) is -2.12. The molecule has 132 valence electrons. The van der Waals surface area contributed by atoms with Crippen molar-refractivity contribution in [3.63, 3.8) is 0 Å². The maximum absolute atomic E-state index is 13.3. The van der Waals surface area contributed by atoms with Crippen LogP contribution < -0.4 is 5.32 Å². The molecule has 1 amide bonds. The summed E-state index contributed by atoms with van der Waals surface area (Å²) in [6.45, 7) is 5.74. The third-order valence-electron chi connectivity index (χ3n) is 3.94. The fourth-order valence-corrected chi connectivity index (χ4v) is 2.46. The Bertz CT molecular complexity index is 530. The Morgan fingerprint density at radius 3 is 2.48 bits per heavy atom. The van der Waals surface area contributed by atoms with Crippen molar-refractivity contribution in [2.45, 2.75) is 57.9 Å². The van der Waals surface area contributed by atoms with Gasteiger partial charge in [-0.1, -0.05) is 20.3 Å². The van der Waals surface area contributed by atoms with Gasteiger partial charge < -0.3 is 15.0 Å². The second kappa shape index (κ2) is 7.33. The van der Waals surface area contributed by atoms with Gasteiger partial charge in [-0.2, -0.15) is 13.2 Å². The Kier molecular flexibility index (Phi) is 6.21. The Labute approximate surface area is 133 Å². The number of imidazole rings is 1. The van der Waals surface area contributed by atoms with Crippen molar-refractivity contribution in [3.05, 3.63) is 18.2 Å². The highest BCUT2D eigenvalue weighted by Crippen LogP contribution is 2.40. The molecule has 0 spiro atoms. The molecule has 0 saturated heterocycles. The minimum absolute atomic E-state index is 0.267. The van der Waals surface area contributed by atoms with Crippen LogP contribution >= 0.6 is 0 Å². The zero-order chi connectivity index (χ0) is 17.8. The quantitative estimate of drug-likeness (QED) is 0.804. The van der Waals surface area contributed by atoms with Gasteiger partial charge in [0.2, 0.25) is 11.5 Å². The van der Waals surface area contributed by atoms with E-state index in [0.717, 1.165) is 17.2 Å². The van der Waals surface area contributed by atoms with Crippen molar-refractivity contribution < 1.29 is 23.1 Å². The number of aliphatic hydroxyl groups is 1. The lowest BCUT2D eigenvalue weighted by Gasteiger charge is -2.30. The fourth-order valence-electron chi connectivity index (χ4n) is 2.46. The molecule has 23 heavy (non-hydrogen) atoms. The predicted octanol–water partition coefficient (Wildman–Crippen LogP) is 2.50. The first-order valence-corrected chi connectivity index (χ1v) is 7.57. The van der Waals surface area contributed by atoms with E-state index >= 15 is 0 Å². The number of carbonyl (C=O) groups is 1. The summed E-state index contributed by atoms with van der Waals surface area (Å²) in [7, 11) is 1.34. The number of nitrogens with zero attached hydrogens (tertiary/aromatic N) is 2. The molecule has 0 aliphatic rings. The van der Waals surface area contributed by atoms with Gasteiger partial charge in [0.15, 0.2) is 5.82 Å². The highest BCUT2D eigenvalue weighted by molar-refractivity contribution is 5.77. The minimum atomic E-state index is -5.01. The number of amides is 1. The maximum atomic E-state index is 13.3. The van der Waals surface area contributed by atoms with E-state index < -0.39 is 29.9 Å². The second-order valence-corrected chi connectivity index (χ2v) is 6.11. The average molecular weight is 335 g/mol. The monoisotopic (exact) mass is 335 g/mol. The molecule has 3 atom stereocenters. The largest absolute Gasteiger partial charge is 0.425 e. The van der Waals surface area contributed by atoms with Gasteiger partial charge in [0.1, 0.15) is 0 Å². The zero-order valence-corrected chi connectivity index (χ0v) is 13.8. The zero-order valence-electron chi connectivity index (χ0n) is 13.8. The number of aromatic nitrogens is 2. The van der Waals surface area contributed by atoms with Crippen molar-refractivity contribution in [3.8, 4) is 0 Å². The Balaban J connectivity index is 2.88. The summed E-state index contributed by atoms with van der Waals surface area (Å²) in [5.41, 5.74) is -3.31. The molecule has 3 unspecified atom stereocenters. The molecule has 0 bridgehead atoms. The van der Waals surface area contributed by atoms with Crippen molar-refractivity contribution in [2.75, 3.05) is 0 Å². The summed E-state index contributed by atoms with van der Waals surface area (Å²) in [5, 5.41) is 12.6. The number of hydrogen-bond donors (Lipinski definition) is 2. The fraction of sp³-hybridized carbons (Fsp3) is 0.733. The van der Waals surface area contributed by atoms with E-state index in [1.807, 2.05) is 13.8 Å². The lowest BCUT2D eigenvalue weighted by atomic mass is 9.96. The van der Waals surface area contributed by atoms with Gasteiger partial charge >= 0.3 is 6.18 Å². The number of alkyl halides is 3. The molecule has 0 aliphatic carbocycles. The first-order valence-electron chi connectivity index (χ1n) is 7.57. The normalized spacial score (nSPS) is 17.4. The molecular weight excluding hydrogens is 311 g/mol. The standard InChI is InChI=1S/C15H24F3N3O2/c1-5-10(2)8-11(3)20-12(22)9-14(23,15(16,17)18)13-19-6-7-21(13)4/h6-7,10-11,23H,5,8-9H2,1-4H3,(H,20,22). The summed E-state index contributed by atoms with van der Waals surface area (Å²) < 4.78 is 41.0. The molecular formula is C15H24F3N3O2. The van der Waals surface area contributed by atoms with Gasteiger partial charge in [0, 0.05) is 25.5 Å². The maximum Gasteiger partial charge on any atom is 0.425 e. The smallest absolute Gasteiger partial charge is 0.374 e. The van der Waals surface area contributed by atoms with Crippen molar-refractivity contribution >= 4 is 5.91 Å². The van der Waals surface area contributed by atoms with Crippen molar-refractivity contribution in [1.82, 2.24) is 14.9 Å². The van der Waals surface area contributed by atoms with Crippen LogP contribution in [0, 0.1) is 5.92 Å². The lowest BCUT2D eigenvalue weighted by Crippen LogP contribution is -2.49. The number of carbonyl (C=O) groups excluding carboxylic acids is 1. The molecule has 5 nitrogen and oxygen atoms in total. The van der Waals surface area contributed by atoms with Crippen LogP contribution in [0.15, 0.2) is 12.4 Å². The molecule has 1 rings (SSSR count). The van der Waals surface area contributed by atoms with Gasteiger partial charge in [-0.3, -0.25) is 4.79 Å². The first kappa shape index (κ1) is 19.5. The highest BCUT2D eigenvalue weighted by Gasteiger charge is 2.58. The molecule has 0 aliphatic heterocycles. The number of aryl methyl sites for hydroxylation is 1. The van der Waals surface area contributed by atoms with E-state index in [4.69, 9.17) is 0 Å². The van der Waals surface area contributed by atoms with Crippen molar-refractivity contribution in [2.24, 2.45) is 13.0 Å². The van der Waals surface area contributed by atoms with Crippen LogP contribution in [-0.2, 0) is 17.4 Å². The van der Waals surface area contributed by atoms with Crippen LogP contribution in [0.5, 0.6) is 0 Å². The van der Waals surface area contributed by atoms with E-state index in [2.05, 4.69) is 10.3 Å². The van der Waals surface area contributed by atoms with Gasteiger partial charge in [-0.15, -0.1) is 0 Å². The molecule has 0 saturated carbocycles. The number of hydrogen-bond acceptors (Lipinski definition) is 3. The van der Waals surface area contributed by atoms with Crippen LogP contribution in [0.25, 0.3) is 0 Å². The second-order valence-electron chi connectivity index (χ2n) is 6.11. The Morgan fingerprint density at radius 1 is 1.43 bits per heavy atom. The summed E-state index contributed by atoms with van der Waals surface area (Å²) in [5.74, 6) is -1.11. The number of rotatable bonds is 7. The van der Waals surface area contributed by atoms with E-state index in [9.17, 15) is 23.1 Å². The van der Waals surface area contributed by atoms with E-state index in [-0.39, 0.29) is 6.04 Å². The summed E-state index contributed by atoms with van der Waals surface area (Å²) >= 11 is 0. The number of nitrogens with one attached hydrogen (secondary N) is 1. The van der Waals surface area contributed by atoms with Crippen molar-refractivity contribution in [1.29, 1.82) is 0 Å². The Hall–Kier alpha value is -1.57. The lowest BCUT2D eigenvalue weighted by molar-refractivity contribution is -0.271. The Morgan fingerprint density at radius 2 is 2.04 bits per heavy atom. The predicted molar refractivity (Wildman–Crippen MR) is 79.5 cm³/mol. The molecule has 8 heteroatoms. The molecule has 0 radical (unpaired) electrons. The SMILES string of the molecule is CCC(C)CC(C)NC(=O)CC(O)(c1nccn1C)C(F)(F)F. The van der Waals surface area contributed by atoms with E-state index in [1.165, 1.54) is 13.2 Å². The topological polar surface area (TPSA) is 67.2 Å². The van der Waals surface area contributed by atoms with Crippen LogP contribution in [0.4, 0.5) is 13.2 Å². The van der Waals surface area contributed by atoms with Crippen LogP contribution in [0.1, 0.15) is 45.9 Å². The van der Waals surface area contributed by atoms with Crippen LogP contribution in [-0.4, -0.2) is 32.8 Å². The van der Waals surface area contributed by atoms with Gasteiger partial charge in [-0.05, 0) is 19.3 Å². The molecule has 2 N–H and O–H groups in total. The third kappa shape index (κ3) is 4.70. The van der Waals surface area contributed by atoms with Crippen LogP contribution in [0.2, 0.25) is 0 Å². The number of halogens is 3. The highest BCUT2D eigenvalue weighted by atomic mass is 19.4. The molecule has 0 aromatic carbocycles. The molecule has 1 aromatic heterocycles. The average Bonchev–Trinajstić information content (AvgIpc) is 2.83. The van der Waals surface area contributed by atoms with E-state index in [0.29, 0.717) is 12.3 Å². The van der Waals surface area contributed by atoms with Gasteiger partial charge in [-0.25, -0.2) is 4.98 Å². The summed E-state index contributed by atoms with van der Waals surface area (Å²) in [6, 6.07) is -0.267. The molecule has 0 fully saturated rings. The summed E-state index contributed by atoms with van der Waals surface area (Å²) in [4.78, 5) is 15.5. The van der Waals surface area contributed by atoms with Gasteiger partial charge in [0.25, 0.3) is 0 Å². The molecule has 1 aromatic rings.